The first-order valence-corrected chi connectivity index (χ1v) is 10.8. The van der Waals surface area contributed by atoms with Crippen molar-refractivity contribution in [3.05, 3.63) is 40.4 Å². The van der Waals surface area contributed by atoms with E-state index < -0.39 is 28.9 Å². The number of amides is 2. The summed E-state index contributed by atoms with van der Waals surface area (Å²) in [6, 6.07) is 0. The predicted molar refractivity (Wildman–Crippen MR) is 122 cm³/mol. The molecule has 8 N–H and O–H groups in total. The number of aryl methyl sites for hydroxylation is 2. The lowest BCUT2D eigenvalue weighted by Crippen LogP contribution is -2.26. The van der Waals surface area contributed by atoms with Crippen LogP contribution in [0.4, 0.5) is 5.82 Å². The Balaban J connectivity index is 0.000000355. The third-order valence-electron chi connectivity index (χ3n) is 5.35. The van der Waals surface area contributed by atoms with Gasteiger partial charge in [0.1, 0.15) is 11.9 Å². The molecule has 0 saturated heterocycles. The fourth-order valence-corrected chi connectivity index (χ4v) is 2.92. The minimum atomic E-state index is -0.836. The van der Waals surface area contributed by atoms with Crippen LogP contribution >= 0.6 is 0 Å². The number of primary amides is 2. The molecule has 2 heterocycles. The van der Waals surface area contributed by atoms with Crippen molar-refractivity contribution in [3.63, 3.8) is 0 Å². The minimum Gasteiger partial charge on any atom is -0.396 e. The average molecular weight is 500 g/mol. The summed E-state index contributed by atoms with van der Waals surface area (Å²) in [6.07, 6.45) is 3.31. The summed E-state index contributed by atoms with van der Waals surface area (Å²) in [4.78, 5) is 39.5. The van der Waals surface area contributed by atoms with E-state index in [0.717, 1.165) is 0 Å². The molecular formula is C20H33N7O8. The number of hydrogen-bond acceptors (Lipinski definition) is 10. The highest BCUT2D eigenvalue weighted by Gasteiger charge is 2.21. The molecule has 2 aromatic heterocycles. The molecule has 0 aliphatic heterocycles. The van der Waals surface area contributed by atoms with Crippen LogP contribution < -0.4 is 11.5 Å². The molecule has 0 fully saturated rings. The van der Waals surface area contributed by atoms with Crippen LogP contribution in [0.2, 0.25) is 0 Å². The fraction of sp³-hybridized carbons (Fsp3) is 0.600. The van der Waals surface area contributed by atoms with Gasteiger partial charge in [0.15, 0.2) is 5.69 Å². The van der Waals surface area contributed by atoms with Gasteiger partial charge in [-0.25, -0.2) is 4.98 Å². The van der Waals surface area contributed by atoms with Gasteiger partial charge in [-0.05, 0) is 22.7 Å². The van der Waals surface area contributed by atoms with Crippen LogP contribution in [0, 0.1) is 22.0 Å². The fourth-order valence-electron chi connectivity index (χ4n) is 2.92. The largest absolute Gasteiger partial charge is 0.396 e. The number of carbonyl (C=O) groups is 2. The number of aromatic nitrogens is 4. The van der Waals surface area contributed by atoms with Crippen molar-refractivity contribution in [2.75, 3.05) is 13.2 Å². The monoisotopic (exact) mass is 499 g/mol. The molecule has 0 aliphatic carbocycles. The highest BCUT2D eigenvalue weighted by Crippen LogP contribution is 2.12. The number of aliphatic hydroxyl groups is 4. The zero-order valence-corrected chi connectivity index (χ0v) is 19.6. The molecule has 0 spiro atoms. The highest BCUT2D eigenvalue weighted by molar-refractivity contribution is 6.03. The van der Waals surface area contributed by atoms with Gasteiger partial charge in [0.2, 0.25) is 6.33 Å². The molecule has 0 saturated carbocycles. The summed E-state index contributed by atoms with van der Waals surface area (Å²) in [5.41, 5.74) is 10.0. The lowest BCUT2D eigenvalue weighted by atomic mass is 10.0. The van der Waals surface area contributed by atoms with Crippen molar-refractivity contribution in [3.8, 4) is 0 Å². The topological polar surface area (TPSA) is 246 Å². The van der Waals surface area contributed by atoms with Gasteiger partial charge in [0.05, 0.1) is 18.5 Å². The molecule has 2 unspecified atom stereocenters. The maximum atomic E-state index is 11.3. The third kappa shape index (κ3) is 9.05. The Morgan fingerprint density at radius 2 is 1.54 bits per heavy atom. The van der Waals surface area contributed by atoms with E-state index in [1.165, 1.54) is 23.4 Å². The first-order chi connectivity index (χ1) is 16.4. The number of nitrogens with two attached hydrogens (primary N) is 2. The van der Waals surface area contributed by atoms with Gasteiger partial charge in [-0.2, -0.15) is 0 Å². The SMILES string of the molecule is CC(CO)[C@H](O)CCn1cnc(C(N)=O)c1C(N)=O.CC(CO)[C@H](O)CCn1cnc([N+](=O)[O-])c1. The normalized spacial score (nSPS) is 14.3. The van der Waals surface area contributed by atoms with Gasteiger partial charge in [0, 0.05) is 38.1 Å². The van der Waals surface area contributed by atoms with E-state index in [4.69, 9.17) is 21.7 Å². The Morgan fingerprint density at radius 1 is 1.00 bits per heavy atom. The van der Waals surface area contributed by atoms with E-state index in [-0.39, 0.29) is 55.2 Å². The van der Waals surface area contributed by atoms with Crippen molar-refractivity contribution in [1.29, 1.82) is 0 Å². The van der Waals surface area contributed by atoms with Crippen LogP contribution in [0.5, 0.6) is 0 Å². The van der Waals surface area contributed by atoms with E-state index in [0.29, 0.717) is 13.0 Å². The molecule has 2 amide bonds. The van der Waals surface area contributed by atoms with Gasteiger partial charge >= 0.3 is 5.82 Å². The summed E-state index contributed by atoms with van der Waals surface area (Å²) in [5.74, 6) is -2.33. The summed E-state index contributed by atoms with van der Waals surface area (Å²) in [6.45, 7) is 3.89. The first-order valence-electron chi connectivity index (χ1n) is 10.8. The van der Waals surface area contributed by atoms with Gasteiger partial charge in [-0.3, -0.25) is 9.59 Å². The number of hydrogen-bond donors (Lipinski definition) is 6. The zero-order chi connectivity index (χ0) is 26.7. The summed E-state index contributed by atoms with van der Waals surface area (Å²) < 4.78 is 2.92. The lowest BCUT2D eigenvalue weighted by molar-refractivity contribution is -0.389. The zero-order valence-electron chi connectivity index (χ0n) is 19.6. The lowest BCUT2D eigenvalue weighted by Gasteiger charge is -2.17. The molecule has 15 nitrogen and oxygen atoms in total. The smallest absolute Gasteiger partial charge is 0.381 e. The number of imidazole rings is 2. The number of nitro groups is 1. The van der Waals surface area contributed by atoms with Crippen LogP contribution in [0.25, 0.3) is 0 Å². The Bertz CT molecular complexity index is 977. The van der Waals surface area contributed by atoms with Crippen molar-refractivity contribution in [2.24, 2.45) is 23.3 Å². The highest BCUT2D eigenvalue weighted by atomic mass is 16.6. The molecule has 196 valence electrons. The quantitative estimate of drug-likeness (QED) is 0.139. The molecule has 15 heteroatoms. The van der Waals surface area contributed by atoms with E-state index >= 15 is 0 Å². The predicted octanol–water partition coefficient (Wildman–Crippen LogP) is -1.37. The Hall–Kier alpha value is -3.40. The Labute approximate surface area is 201 Å². The second-order valence-corrected chi connectivity index (χ2v) is 8.12. The number of aliphatic hydroxyl groups excluding tert-OH is 4. The van der Waals surface area contributed by atoms with Crippen LogP contribution in [0.1, 0.15) is 47.7 Å². The minimum absolute atomic E-state index is 0.0728. The molecule has 35 heavy (non-hydrogen) atoms. The van der Waals surface area contributed by atoms with Gasteiger partial charge in [-0.15, -0.1) is 0 Å². The van der Waals surface area contributed by atoms with E-state index in [1.54, 1.807) is 18.4 Å². The Morgan fingerprint density at radius 3 is 1.97 bits per heavy atom. The number of nitrogens with zero attached hydrogens (tertiary/aromatic N) is 5. The second kappa shape index (κ2) is 14.1. The maximum Gasteiger partial charge on any atom is 0.381 e. The number of rotatable bonds is 13. The van der Waals surface area contributed by atoms with Crippen molar-refractivity contribution < 1.29 is 34.9 Å². The van der Waals surface area contributed by atoms with Gasteiger partial charge < -0.3 is 51.1 Å². The number of carbonyl (C=O) groups excluding carboxylic acids is 2. The van der Waals surface area contributed by atoms with Crippen LogP contribution in [0.15, 0.2) is 18.9 Å². The van der Waals surface area contributed by atoms with E-state index in [1.807, 2.05) is 0 Å². The van der Waals surface area contributed by atoms with Crippen molar-refractivity contribution >= 4 is 17.6 Å². The summed E-state index contributed by atoms with van der Waals surface area (Å²) in [5, 5.41) is 47.4. The first kappa shape index (κ1) is 29.6. The average Bonchev–Trinajstić information content (AvgIpc) is 3.47. The van der Waals surface area contributed by atoms with Gasteiger partial charge in [-0.1, -0.05) is 13.8 Å². The Kier molecular flexibility index (Phi) is 11.9. The summed E-state index contributed by atoms with van der Waals surface area (Å²) >= 11 is 0. The molecule has 0 aliphatic rings. The van der Waals surface area contributed by atoms with E-state index in [9.17, 15) is 29.9 Å². The van der Waals surface area contributed by atoms with Crippen LogP contribution in [0.3, 0.4) is 0 Å². The standard InChI is InChI=1S/C11H18N4O4.C9H15N3O4/c1-6(4-16)7(17)2-3-15-5-14-8(10(12)18)9(15)11(13)19;1-7(5-13)8(14)2-3-11-4-9(10-6-11)12(15)16/h5-7,16-17H,2-4H2,1H3,(H2,12,18)(H2,13,19);4,6-8,13-14H,2-3,5H2,1H3/t6?,7-;7?,8-/m11/s1. The molecular weight excluding hydrogens is 466 g/mol. The second-order valence-electron chi connectivity index (χ2n) is 8.12. The van der Waals surface area contributed by atoms with Crippen molar-refractivity contribution in [2.45, 2.75) is 52.0 Å². The van der Waals surface area contributed by atoms with Crippen LogP contribution in [-0.4, -0.2) is 81.7 Å². The molecule has 0 radical (unpaired) electrons. The van der Waals surface area contributed by atoms with Crippen LogP contribution in [-0.2, 0) is 13.1 Å². The summed E-state index contributed by atoms with van der Waals surface area (Å²) in [7, 11) is 0. The third-order valence-corrected chi connectivity index (χ3v) is 5.35. The maximum absolute atomic E-state index is 11.3. The van der Waals surface area contributed by atoms with Gasteiger partial charge in [0.25, 0.3) is 11.8 Å². The molecule has 0 bridgehead atoms. The molecule has 2 aromatic rings. The molecule has 2 rings (SSSR count). The molecule has 4 atom stereocenters. The van der Waals surface area contributed by atoms with Crippen molar-refractivity contribution in [1.82, 2.24) is 19.1 Å². The molecule has 0 aromatic carbocycles. The van der Waals surface area contributed by atoms with E-state index in [2.05, 4.69) is 9.97 Å².